The van der Waals surface area contributed by atoms with Crippen LogP contribution in [0.15, 0.2) is 6.07 Å². The monoisotopic (exact) mass is 518 g/mol. The molecule has 0 aliphatic heterocycles. The van der Waals surface area contributed by atoms with Crippen molar-refractivity contribution >= 4 is 45.3 Å². The molecule has 0 aliphatic carbocycles. The lowest BCUT2D eigenvalue weighted by Crippen LogP contribution is -2.20. The Morgan fingerprint density at radius 1 is 1.09 bits per heavy atom. The van der Waals surface area contributed by atoms with Crippen molar-refractivity contribution in [1.29, 1.82) is 0 Å². The highest BCUT2D eigenvalue weighted by molar-refractivity contribution is 7.80. The maximum atomic E-state index is 14.1. The number of esters is 1. The number of ether oxygens (including phenoxy) is 1. The maximum Gasteiger partial charge on any atom is 0.340 e. The molecule has 6 nitrogen and oxygen atoms in total. The molecule has 0 spiro atoms. The fourth-order valence-electron chi connectivity index (χ4n) is 3.19. The number of thiophene rings is 1. The highest BCUT2D eigenvalue weighted by Crippen LogP contribution is 2.30. The third-order valence-electron chi connectivity index (χ3n) is 4.99. The Labute approximate surface area is 200 Å². The van der Waals surface area contributed by atoms with Gasteiger partial charge in [0.1, 0.15) is 5.00 Å². The van der Waals surface area contributed by atoms with Crippen LogP contribution >= 0.6 is 23.6 Å². The van der Waals surface area contributed by atoms with Crippen molar-refractivity contribution in [2.75, 3.05) is 17.7 Å². The number of benzene rings is 1. The number of aryl methyl sites for hydroxylation is 2. The molecule has 0 aliphatic rings. The SMILES string of the molecule is CCc1cc(C(=O)OC)c(NC(=S)Nc2c(C)nn(Cc3c(F)c(F)c(F)c(F)c3F)c2C)s1. The Morgan fingerprint density at radius 2 is 1.68 bits per heavy atom. The molecule has 0 radical (unpaired) electrons. The van der Waals surface area contributed by atoms with Crippen molar-refractivity contribution in [3.05, 3.63) is 62.5 Å². The lowest BCUT2D eigenvalue weighted by molar-refractivity contribution is 0.0602. The van der Waals surface area contributed by atoms with Crippen LogP contribution in [-0.2, 0) is 17.7 Å². The Kier molecular flexibility index (Phi) is 7.56. The van der Waals surface area contributed by atoms with Crippen molar-refractivity contribution in [3.63, 3.8) is 0 Å². The van der Waals surface area contributed by atoms with Gasteiger partial charge in [0.25, 0.3) is 0 Å². The first-order valence-corrected chi connectivity index (χ1v) is 11.1. The van der Waals surface area contributed by atoms with Crippen LogP contribution in [-0.4, -0.2) is 28.0 Å². The van der Waals surface area contributed by atoms with Gasteiger partial charge in [0, 0.05) is 4.88 Å². The average Bonchev–Trinajstić information content (AvgIpc) is 3.34. The normalized spacial score (nSPS) is 11.0. The molecule has 0 atom stereocenters. The molecular weight excluding hydrogens is 499 g/mol. The summed E-state index contributed by atoms with van der Waals surface area (Å²) in [5.74, 6) is -10.7. The van der Waals surface area contributed by atoms with Crippen molar-refractivity contribution in [2.45, 2.75) is 33.7 Å². The molecule has 2 N–H and O–H groups in total. The number of nitrogens with zero attached hydrogens (tertiary/aromatic N) is 2. The summed E-state index contributed by atoms with van der Waals surface area (Å²) in [5, 5.41) is 10.5. The van der Waals surface area contributed by atoms with Gasteiger partial charge in [-0.05, 0) is 38.6 Å². The van der Waals surface area contributed by atoms with E-state index in [1.165, 1.54) is 25.4 Å². The minimum atomic E-state index is -2.22. The molecule has 2 aromatic heterocycles. The van der Waals surface area contributed by atoms with Crippen LogP contribution in [0, 0.1) is 42.9 Å². The molecule has 0 amide bonds. The zero-order valence-electron chi connectivity index (χ0n) is 18.4. The van der Waals surface area contributed by atoms with Gasteiger partial charge in [0.2, 0.25) is 5.82 Å². The molecule has 0 bridgehead atoms. The number of rotatable bonds is 6. The maximum absolute atomic E-state index is 14.1. The Balaban J connectivity index is 1.86. The topological polar surface area (TPSA) is 68.2 Å². The number of aromatic nitrogens is 2. The second kappa shape index (κ2) is 10.1. The van der Waals surface area contributed by atoms with E-state index in [-0.39, 0.29) is 5.11 Å². The molecule has 0 fully saturated rings. The molecule has 3 rings (SSSR count). The van der Waals surface area contributed by atoms with E-state index in [0.717, 1.165) is 9.56 Å². The number of carbonyl (C=O) groups is 1. The van der Waals surface area contributed by atoms with E-state index in [0.29, 0.717) is 34.1 Å². The number of hydrogen-bond acceptors (Lipinski definition) is 5. The molecule has 34 heavy (non-hydrogen) atoms. The summed E-state index contributed by atoms with van der Waals surface area (Å²) in [6.45, 7) is 4.35. The number of anilines is 2. The van der Waals surface area contributed by atoms with E-state index in [4.69, 9.17) is 17.0 Å². The van der Waals surface area contributed by atoms with Crippen molar-refractivity contribution in [2.24, 2.45) is 0 Å². The van der Waals surface area contributed by atoms with E-state index in [2.05, 4.69) is 15.7 Å². The van der Waals surface area contributed by atoms with Crippen molar-refractivity contribution in [1.82, 2.24) is 9.78 Å². The lowest BCUT2D eigenvalue weighted by atomic mass is 10.1. The van der Waals surface area contributed by atoms with Gasteiger partial charge in [-0.15, -0.1) is 11.3 Å². The second-order valence-corrected chi connectivity index (χ2v) is 8.68. The molecule has 182 valence electrons. The molecule has 13 heteroatoms. The zero-order chi connectivity index (χ0) is 25.3. The summed E-state index contributed by atoms with van der Waals surface area (Å²) in [6, 6.07) is 1.69. The number of halogens is 5. The van der Waals surface area contributed by atoms with E-state index in [9.17, 15) is 26.7 Å². The predicted octanol–water partition coefficient (Wildman–Crippen LogP) is 5.46. The van der Waals surface area contributed by atoms with Crippen LogP contribution in [0.3, 0.4) is 0 Å². The number of nitrogens with one attached hydrogen (secondary N) is 2. The highest BCUT2D eigenvalue weighted by Gasteiger charge is 2.27. The number of hydrogen-bond donors (Lipinski definition) is 2. The quantitative estimate of drug-likeness (QED) is 0.149. The van der Waals surface area contributed by atoms with Crippen LogP contribution in [0.2, 0.25) is 0 Å². The van der Waals surface area contributed by atoms with Gasteiger partial charge in [-0.3, -0.25) is 4.68 Å². The summed E-state index contributed by atoms with van der Waals surface area (Å²) >= 11 is 6.65. The van der Waals surface area contributed by atoms with Gasteiger partial charge in [-0.25, -0.2) is 26.7 Å². The van der Waals surface area contributed by atoms with Gasteiger partial charge < -0.3 is 15.4 Å². The van der Waals surface area contributed by atoms with Crippen LogP contribution in [0.4, 0.5) is 32.6 Å². The van der Waals surface area contributed by atoms with Gasteiger partial charge in [-0.1, -0.05) is 6.92 Å². The molecule has 0 unspecified atom stereocenters. The second-order valence-electron chi connectivity index (χ2n) is 7.13. The molecule has 1 aromatic carbocycles. The third kappa shape index (κ3) is 4.75. The fraction of sp³-hybridized carbons (Fsp3) is 0.286. The van der Waals surface area contributed by atoms with Crippen LogP contribution in [0.5, 0.6) is 0 Å². The predicted molar refractivity (Wildman–Crippen MR) is 122 cm³/mol. The molecule has 0 saturated carbocycles. The first kappa shape index (κ1) is 25.6. The van der Waals surface area contributed by atoms with Gasteiger partial charge in [0.05, 0.1) is 41.9 Å². The first-order chi connectivity index (χ1) is 16.0. The van der Waals surface area contributed by atoms with Crippen molar-refractivity contribution in [3.8, 4) is 0 Å². The summed E-state index contributed by atoms with van der Waals surface area (Å²) in [7, 11) is 1.26. The first-order valence-electron chi connectivity index (χ1n) is 9.83. The third-order valence-corrected chi connectivity index (χ3v) is 6.39. The lowest BCUT2D eigenvalue weighted by Gasteiger charge is -2.12. The van der Waals surface area contributed by atoms with E-state index in [1.54, 1.807) is 13.0 Å². The average molecular weight is 519 g/mol. The zero-order valence-corrected chi connectivity index (χ0v) is 20.0. The van der Waals surface area contributed by atoms with Gasteiger partial charge >= 0.3 is 5.97 Å². The Hall–Kier alpha value is -3.06. The van der Waals surface area contributed by atoms with Crippen LogP contribution < -0.4 is 10.6 Å². The molecule has 3 aromatic rings. The summed E-state index contributed by atoms with van der Waals surface area (Å²) in [4.78, 5) is 13.0. The minimum Gasteiger partial charge on any atom is -0.465 e. The molecule has 0 saturated heterocycles. The number of methoxy groups -OCH3 is 1. The standard InChI is InChI=1S/C21H19F5N4O2S2/c1-5-10-6-11(20(31)32-4)19(34-10)28-21(33)27-18-8(2)29-30(9(18)3)7-12-13(22)15(24)17(26)16(25)14(12)23/h6H,5,7H2,1-4H3,(H2,27,28,33). The minimum absolute atomic E-state index is 0.0941. The Morgan fingerprint density at radius 3 is 2.24 bits per heavy atom. The summed E-state index contributed by atoms with van der Waals surface area (Å²) < 4.78 is 74.5. The van der Waals surface area contributed by atoms with E-state index < -0.39 is 47.2 Å². The largest absolute Gasteiger partial charge is 0.465 e. The Bertz CT molecular complexity index is 1260. The number of thiocarbonyl (C=S) groups is 1. The van der Waals surface area contributed by atoms with Crippen LogP contribution in [0.1, 0.15) is 39.1 Å². The van der Waals surface area contributed by atoms with Crippen LogP contribution in [0.25, 0.3) is 0 Å². The summed E-state index contributed by atoms with van der Waals surface area (Å²) in [6.07, 6.45) is 0.694. The number of carbonyl (C=O) groups excluding carboxylic acids is 1. The fourth-order valence-corrected chi connectivity index (χ4v) is 4.45. The molecule has 2 heterocycles. The van der Waals surface area contributed by atoms with E-state index >= 15 is 0 Å². The van der Waals surface area contributed by atoms with Gasteiger partial charge in [-0.2, -0.15) is 5.10 Å². The highest BCUT2D eigenvalue weighted by atomic mass is 32.1. The van der Waals surface area contributed by atoms with E-state index in [1.807, 2.05) is 6.92 Å². The van der Waals surface area contributed by atoms with Gasteiger partial charge in [0.15, 0.2) is 28.4 Å². The summed E-state index contributed by atoms with van der Waals surface area (Å²) in [5.41, 5.74) is 0.359. The smallest absolute Gasteiger partial charge is 0.340 e. The molecular formula is C21H19F5N4O2S2. The van der Waals surface area contributed by atoms with Crippen molar-refractivity contribution < 1.29 is 31.5 Å².